The van der Waals surface area contributed by atoms with Gasteiger partial charge in [0.25, 0.3) is 5.91 Å². The molecule has 0 atom stereocenters. The number of nitrogens with one attached hydrogen (secondary N) is 1. The number of rotatable bonds is 6. The van der Waals surface area contributed by atoms with Gasteiger partial charge in [-0.25, -0.2) is 0 Å². The van der Waals surface area contributed by atoms with E-state index in [1.54, 1.807) is 7.05 Å². The second-order valence-corrected chi connectivity index (χ2v) is 8.18. The largest absolute Gasteiger partial charge is 0.484 e. The van der Waals surface area contributed by atoms with Gasteiger partial charge in [0.2, 0.25) is 5.91 Å². The van der Waals surface area contributed by atoms with Crippen LogP contribution in [0.1, 0.15) is 37.5 Å². The number of anilines is 1. The summed E-state index contributed by atoms with van der Waals surface area (Å²) >= 11 is 0. The fraction of sp³-hybridized carbons (Fsp3) is 0.391. The van der Waals surface area contributed by atoms with Crippen LogP contribution in [0.5, 0.6) is 5.75 Å². The zero-order valence-electron chi connectivity index (χ0n) is 17.6. The number of aryl methyl sites for hydroxylation is 2. The highest BCUT2D eigenvalue weighted by atomic mass is 16.5. The zero-order valence-corrected chi connectivity index (χ0v) is 17.6. The van der Waals surface area contributed by atoms with Crippen molar-refractivity contribution < 1.29 is 14.3 Å². The van der Waals surface area contributed by atoms with Gasteiger partial charge in [0.1, 0.15) is 5.75 Å². The van der Waals surface area contributed by atoms with Crippen LogP contribution in [0.2, 0.25) is 0 Å². The Morgan fingerprint density at radius 2 is 1.68 bits per heavy atom. The smallest absolute Gasteiger partial charge is 0.260 e. The summed E-state index contributed by atoms with van der Waals surface area (Å²) in [6, 6.07) is 13.6. The average molecular weight is 383 g/mol. The molecule has 2 rings (SSSR count). The third kappa shape index (κ3) is 6.12. The summed E-state index contributed by atoms with van der Waals surface area (Å²) in [5.74, 6) is 0.143. The molecule has 0 radical (unpaired) electrons. The van der Waals surface area contributed by atoms with Crippen molar-refractivity contribution in [3.8, 4) is 5.75 Å². The molecule has 150 valence electrons. The summed E-state index contributed by atoms with van der Waals surface area (Å²) in [5.41, 5.74) is 4.08. The number of hydrogen-bond donors (Lipinski definition) is 1. The number of amides is 2. The first kappa shape index (κ1) is 21.5. The van der Waals surface area contributed by atoms with E-state index in [2.05, 4.69) is 26.1 Å². The maximum Gasteiger partial charge on any atom is 0.260 e. The maximum atomic E-state index is 12.3. The maximum absolute atomic E-state index is 12.3. The number of ether oxygens (including phenoxy) is 1. The van der Waals surface area contributed by atoms with Gasteiger partial charge in [-0.3, -0.25) is 9.59 Å². The fourth-order valence-corrected chi connectivity index (χ4v) is 2.67. The Morgan fingerprint density at radius 1 is 1.04 bits per heavy atom. The van der Waals surface area contributed by atoms with Crippen molar-refractivity contribution in [1.82, 2.24) is 4.90 Å². The minimum atomic E-state index is -0.254. The molecular weight excluding hydrogens is 352 g/mol. The molecule has 0 aromatic heterocycles. The van der Waals surface area contributed by atoms with E-state index in [0.29, 0.717) is 5.75 Å². The molecule has 2 aromatic rings. The lowest BCUT2D eigenvalue weighted by Crippen LogP contribution is -2.37. The molecule has 0 saturated carbocycles. The van der Waals surface area contributed by atoms with E-state index in [9.17, 15) is 9.59 Å². The summed E-state index contributed by atoms with van der Waals surface area (Å²) in [5, 5.41) is 2.86. The lowest BCUT2D eigenvalue weighted by atomic mass is 9.87. The van der Waals surface area contributed by atoms with Crippen LogP contribution >= 0.6 is 0 Å². The predicted octanol–water partition coefficient (Wildman–Crippen LogP) is 4.08. The number of benzene rings is 2. The van der Waals surface area contributed by atoms with Crippen molar-refractivity contribution in [2.45, 2.75) is 40.0 Å². The van der Waals surface area contributed by atoms with Crippen molar-refractivity contribution in [2.24, 2.45) is 0 Å². The van der Waals surface area contributed by atoms with E-state index in [4.69, 9.17) is 4.74 Å². The third-order valence-electron chi connectivity index (χ3n) is 4.56. The van der Waals surface area contributed by atoms with Crippen molar-refractivity contribution in [2.75, 3.05) is 25.5 Å². The van der Waals surface area contributed by atoms with Crippen LogP contribution in [0.4, 0.5) is 5.69 Å². The quantitative estimate of drug-likeness (QED) is 0.819. The van der Waals surface area contributed by atoms with E-state index in [1.165, 1.54) is 10.5 Å². The number of hydrogen-bond acceptors (Lipinski definition) is 3. The summed E-state index contributed by atoms with van der Waals surface area (Å²) < 4.78 is 5.57. The first-order chi connectivity index (χ1) is 13.1. The monoisotopic (exact) mass is 382 g/mol. The minimum absolute atomic E-state index is 0.0292. The first-order valence-corrected chi connectivity index (χ1v) is 9.40. The van der Waals surface area contributed by atoms with Gasteiger partial charge in [0.15, 0.2) is 6.61 Å². The Balaban J connectivity index is 1.85. The van der Waals surface area contributed by atoms with Crippen LogP contribution < -0.4 is 10.1 Å². The normalized spacial score (nSPS) is 11.1. The van der Waals surface area contributed by atoms with E-state index < -0.39 is 0 Å². The molecular formula is C23H30N2O3. The summed E-state index contributed by atoms with van der Waals surface area (Å²) in [6.45, 7) is 10.2. The van der Waals surface area contributed by atoms with Crippen molar-refractivity contribution in [1.29, 1.82) is 0 Å². The van der Waals surface area contributed by atoms with Crippen molar-refractivity contribution in [3.05, 3.63) is 59.2 Å². The molecule has 0 bridgehead atoms. The van der Waals surface area contributed by atoms with Crippen molar-refractivity contribution in [3.63, 3.8) is 0 Å². The SMILES string of the molecule is Cc1ccc(C)c(NC(=O)CN(C)C(=O)COc2ccc(C(C)(C)C)cc2)c1. The second-order valence-electron chi connectivity index (χ2n) is 8.18. The van der Waals surface area contributed by atoms with Crippen LogP contribution in [0.15, 0.2) is 42.5 Å². The van der Waals surface area contributed by atoms with Crippen molar-refractivity contribution >= 4 is 17.5 Å². The second kappa shape index (κ2) is 8.91. The highest BCUT2D eigenvalue weighted by Crippen LogP contribution is 2.24. The number of carbonyl (C=O) groups is 2. The molecule has 5 heteroatoms. The molecule has 0 fully saturated rings. The average Bonchev–Trinajstić information content (AvgIpc) is 2.62. The molecule has 0 aliphatic heterocycles. The van der Waals surface area contributed by atoms with Crippen LogP contribution in [0.3, 0.4) is 0 Å². The van der Waals surface area contributed by atoms with Gasteiger partial charge in [-0.2, -0.15) is 0 Å². The summed E-state index contributed by atoms with van der Waals surface area (Å²) in [6.07, 6.45) is 0. The van der Waals surface area contributed by atoms with Gasteiger partial charge in [-0.15, -0.1) is 0 Å². The van der Waals surface area contributed by atoms with Gasteiger partial charge in [0.05, 0.1) is 6.54 Å². The Labute approximate surface area is 167 Å². The number of likely N-dealkylation sites (N-methyl/N-ethyl adjacent to an activating group) is 1. The lowest BCUT2D eigenvalue weighted by Gasteiger charge is -2.20. The lowest BCUT2D eigenvalue weighted by molar-refractivity contribution is -0.135. The molecule has 5 nitrogen and oxygen atoms in total. The van der Waals surface area contributed by atoms with Crippen LogP contribution in [-0.4, -0.2) is 36.9 Å². The molecule has 1 N–H and O–H groups in total. The molecule has 0 unspecified atom stereocenters. The standard InChI is InChI=1S/C23H30N2O3/c1-16-7-8-17(2)20(13-16)24-21(26)14-25(6)22(27)15-28-19-11-9-18(10-12-19)23(3,4)5/h7-13H,14-15H2,1-6H3,(H,24,26). The summed E-state index contributed by atoms with van der Waals surface area (Å²) in [7, 11) is 1.59. The molecule has 0 aliphatic rings. The van der Waals surface area contributed by atoms with Gasteiger partial charge in [0, 0.05) is 12.7 Å². The Morgan fingerprint density at radius 3 is 2.29 bits per heavy atom. The Kier molecular flexibility index (Phi) is 6.84. The molecule has 0 heterocycles. The van der Waals surface area contributed by atoms with Gasteiger partial charge < -0.3 is 15.0 Å². The first-order valence-electron chi connectivity index (χ1n) is 9.40. The number of nitrogens with zero attached hydrogens (tertiary/aromatic N) is 1. The Hall–Kier alpha value is -2.82. The molecule has 2 amide bonds. The third-order valence-corrected chi connectivity index (χ3v) is 4.56. The minimum Gasteiger partial charge on any atom is -0.484 e. The van der Waals surface area contributed by atoms with E-state index in [1.807, 2.05) is 56.3 Å². The number of carbonyl (C=O) groups excluding carboxylic acids is 2. The van der Waals surface area contributed by atoms with E-state index in [-0.39, 0.29) is 30.4 Å². The van der Waals surface area contributed by atoms with Gasteiger partial charge in [-0.1, -0.05) is 45.0 Å². The molecule has 0 aliphatic carbocycles. The highest BCUT2D eigenvalue weighted by molar-refractivity contribution is 5.95. The van der Waals surface area contributed by atoms with E-state index >= 15 is 0 Å². The highest BCUT2D eigenvalue weighted by Gasteiger charge is 2.16. The van der Waals surface area contributed by atoms with Gasteiger partial charge >= 0.3 is 0 Å². The zero-order chi connectivity index (χ0) is 20.9. The fourth-order valence-electron chi connectivity index (χ4n) is 2.67. The van der Waals surface area contributed by atoms with Crippen LogP contribution in [0, 0.1) is 13.8 Å². The van der Waals surface area contributed by atoms with Crippen LogP contribution in [-0.2, 0) is 15.0 Å². The molecule has 2 aromatic carbocycles. The molecule has 0 saturated heterocycles. The predicted molar refractivity (Wildman–Crippen MR) is 113 cm³/mol. The Bertz CT molecular complexity index is 836. The molecule has 28 heavy (non-hydrogen) atoms. The van der Waals surface area contributed by atoms with E-state index in [0.717, 1.165) is 16.8 Å². The summed E-state index contributed by atoms with van der Waals surface area (Å²) in [4.78, 5) is 25.9. The van der Waals surface area contributed by atoms with Crippen LogP contribution in [0.25, 0.3) is 0 Å². The van der Waals surface area contributed by atoms with Gasteiger partial charge in [-0.05, 0) is 54.2 Å². The topological polar surface area (TPSA) is 58.6 Å². The molecule has 0 spiro atoms.